The largest absolute Gasteiger partial charge is 0.434 e. The van der Waals surface area contributed by atoms with Gasteiger partial charge in [-0.25, -0.2) is 0 Å². The highest BCUT2D eigenvalue weighted by Gasteiger charge is 2.07. The molecule has 1 N–H and O–H groups in total. The molecule has 0 aliphatic rings. The van der Waals surface area contributed by atoms with Crippen molar-refractivity contribution >= 4 is 23.5 Å². The summed E-state index contributed by atoms with van der Waals surface area (Å²) in [7, 11) is 0. The van der Waals surface area contributed by atoms with E-state index in [1.54, 1.807) is 42.5 Å². The third kappa shape index (κ3) is 4.20. The molecular weight excluding hydrogens is 286 g/mol. The molecule has 3 nitrogen and oxygen atoms in total. The van der Waals surface area contributed by atoms with Gasteiger partial charge in [0.2, 0.25) is 0 Å². The van der Waals surface area contributed by atoms with Crippen LogP contribution in [0.4, 0.5) is 14.5 Å². The van der Waals surface area contributed by atoms with E-state index in [0.29, 0.717) is 10.6 Å². The molecule has 20 heavy (non-hydrogen) atoms. The van der Waals surface area contributed by atoms with Gasteiger partial charge >= 0.3 is 6.61 Å². The Morgan fingerprint density at radius 1 is 1.10 bits per heavy atom. The Hall–Kier alpha value is -2.14. The minimum Gasteiger partial charge on any atom is -0.434 e. The zero-order chi connectivity index (χ0) is 14.4. The van der Waals surface area contributed by atoms with Crippen LogP contribution in [0.5, 0.6) is 5.75 Å². The third-order valence-corrected chi connectivity index (χ3v) is 2.63. The smallest absolute Gasteiger partial charge is 0.387 e. The Bertz CT molecular complexity index is 588. The van der Waals surface area contributed by atoms with E-state index in [1.165, 1.54) is 12.3 Å². The number of halogens is 3. The predicted octanol–water partition coefficient (Wildman–Crippen LogP) is 4.39. The first-order valence-electron chi connectivity index (χ1n) is 5.73. The second-order valence-corrected chi connectivity index (χ2v) is 4.23. The molecule has 2 rings (SSSR count). The second-order valence-electron chi connectivity index (χ2n) is 3.79. The van der Waals surface area contributed by atoms with Gasteiger partial charge in [0, 0.05) is 10.6 Å². The fourth-order valence-corrected chi connectivity index (χ4v) is 1.62. The van der Waals surface area contributed by atoms with Crippen molar-refractivity contribution in [3.8, 4) is 5.75 Å². The van der Waals surface area contributed by atoms with Crippen LogP contribution in [0.25, 0.3) is 0 Å². The van der Waals surface area contributed by atoms with E-state index >= 15 is 0 Å². The average Bonchev–Trinajstić information content (AvgIpc) is 2.42. The first kappa shape index (κ1) is 14.3. The van der Waals surface area contributed by atoms with Gasteiger partial charge in [0.1, 0.15) is 5.75 Å². The van der Waals surface area contributed by atoms with Gasteiger partial charge in [0.25, 0.3) is 0 Å². The van der Waals surface area contributed by atoms with Gasteiger partial charge in [-0.2, -0.15) is 13.9 Å². The summed E-state index contributed by atoms with van der Waals surface area (Å²) in [4.78, 5) is 0. The number of ether oxygens (including phenoxy) is 1. The highest BCUT2D eigenvalue weighted by molar-refractivity contribution is 6.30. The Morgan fingerprint density at radius 3 is 2.50 bits per heavy atom. The van der Waals surface area contributed by atoms with Crippen LogP contribution in [0.15, 0.2) is 53.6 Å². The standard InChI is InChI=1S/C14H11ClF2N2O/c15-11-5-7-12(8-6-11)19-18-9-10-3-1-2-4-13(10)20-14(16)17/h1-9,14,19H/b18-9-. The zero-order valence-corrected chi connectivity index (χ0v) is 11.0. The Balaban J connectivity index is 2.05. The number of hydrogen-bond acceptors (Lipinski definition) is 3. The van der Waals surface area contributed by atoms with Crippen molar-refractivity contribution in [2.24, 2.45) is 5.10 Å². The fraction of sp³-hybridized carbons (Fsp3) is 0.0714. The number of anilines is 1. The number of para-hydroxylation sites is 1. The van der Waals surface area contributed by atoms with E-state index in [-0.39, 0.29) is 5.75 Å². The summed E-state index contributed by atoms with van der Waals surface area (Å²) >= 11 is 5.76. The first-order chi connectivity index (χ1) is 9.65. The normalized spacial score (nSPS) is 11.0. The van der Waals surface area contributed by atoms with Gasteiger partial charge < -0.3 is 4.74 Å². The van der Waals surface area contributed by atoms with E-state index in [2.05, 4.69) is 15.3 Å². The van der Waals surface area contributed by atoms with Crippen LogP contribution in [0.1, 0.15) is 5.56 Å². The van der Waals surface area contributed by atoms with Gasteiger partial charge in [-0.15, -0.1) is 0 Å². The molecule has 0 atom stereocenters. The highest BCUT2D eigenvalue weighted by atomic mass is 35.5. The van der Waals surface area contributed by atoms with E-state index in [4.69, 9.17) is 11.6 Å². The van der Waals surface area contributed by atoms with Gasteiger partial charge in [0.15, 0.2) is 0 Å². The van der Waals surface area contributed by atoms with Crippen molar-refractivity contribution in [3.05, 3.63) is 59.1 Å². The molecule has 0 heterocycles. The summed E-state index contributed by atoms with van der Waals surface area (Å²) < 4.78 is 28.9. The topological polar surface area (TPSA) is 33.6 Å². The van der Waals surface area contributed by atoms with Crippen LogP contribution in [-0.4, -0.2) is 12.8 Å². The maximum Gasteiger partial charge on any atom is 0.387 e. The lowest BCUT2D eigenvalue weighted by Crippen LogP contribution is -2.04. The fourth-order valence-electron chi connectivity index (χ4n) is 1.49. The molecule has 2 aromatic carbocycles. The molecule has 0 spiro atoms. The van der Waals surface area contributed by atoms with Crippen LogP contribution >= 0.6 is 11.6 Å². The number of alkyl halides is 2. The van der Waals surface area contributed by atoms with Crippen molar-refractivity contribution in [1.82, 2.24) is 0 Å². The molecule has 0 unspecified atom stereocenters. The summed E-state index contributed by atoms with van der Waals surface area (Å²) in [6, 6.07) is 13.3. The molecule has 0 radical (unpaired) electrons. The van der Waals surface area contributed by atoms with Crippen LogP contribution in [0.3, 0.4) is 0 Å². The van der Waals surface area contributed by atoms with Crippen molar-refractivity contribution in [2.45, 2.75) is 6.61 Å². The molecule has 0 saturated carbocycles. The lowest BCUT2D eigenvalue weighted by Gasteiger charge is -2.07. The Kier molecular flexibility index (Phi) is 4.90. The Labute approximate surface area is 119 Å². The minimum absolute atomic E-state index is 0.0733. The van der Waals surface area contributed by atoms with E-state index in [9.17, 15) is 8.78 Å². The van der Waals surface area contributed by atoms with Crippen molar-refractivity contribution in [2.75, 3.05) is 5.43 Å². The number of benzene rings is 2. The summed E-state index contributed by atoms with van der Waals surface area (Å²) in [5.74, 6) is 0.0733. The molecule has 0 aromatic heterocycles. The van der Waals surface area contributed by atoms with E-state index < -0.39 is 6.61 Å². The molecule has 6 heteroatoms. The molecule has 0 saturated heterocycles. The van der Waals surface area contributed by atoms with Crippen LogP contribution < -0.4 is 10.2 Å². The lowest BCUT2D eigenvalue weighted by atomic mass is 10.2. The SMILES string of the molecule is FC(F)Oc1ccccc1/C=N\Nc1ccc(Cl)cc1. The number of hydrazone groups is 1. The van der Waals surface area contributed by atoms with Crippen LogP contribution in [0, 0.1) is 0 Å². The van der Waals surface area contributed by atoms with Crippen molar-refractivity contribution in [3.63, 3.8) is 0 Å². The monoisotopic (exact) mass is 296 g/mol. The summed E-state index contributed by atoms with van der Waals surface area (Å²) in [5.41, 5.74) is 3.96. The second kappa shape index (κ2) is 6.86. The van der Waals surface area contributed by atoms with Gasteiger partial charge in [-0.05, 0) is 36.4 Å². The molecule has 0 fully saturated rings. The van der Waals surface area contributed by atoms with Gasteiger partial charge in [-0.3, -0.25) is 5.43 Å². The van der Waals surface area contributed by atoms with Crippen molar-refractivity contribution in [1.29, 1.82) is 0 Å². The quantitative estimate of drug-likeness (QED) is 0.656. The van der Waals surface area contributed by atoms with Crippen LogP contribution in [-0.2, 0) is 0 Å². The molecule has 0 amide bonds. The highest BCUT2D eigenvalue weighted by Crippen LogP contribution is 2.18. The molecule has 0 bridgehead atoms. The van der Waals surface area contributed by atoms with E-state index in [0.717, 1.165) is 5.69 Å². The summed E-state index contributed by atoms with van der Waals surface area (Å²) in [6.07, 6.45) is 1.41. The summed E-state index contributed by atoms with van der Waals surface area (Å²) in [5, 5.41) is 4.59. The Morgan fingerprint density at radius 2 is 1.80 bits per heavy atom. The number of rotatable bonds is 5. The lowest BCUT2D eigenvalue weighted by molar-refractivity contribution is -0.0499. The number of hydrogen-bond donors (Lipinski definition) is 1. The molecule has 0 aliphatic heterocycles. The van der Waals surface area contributed by atoms with Crippen LogP contribution in [0.2, 0.25) is 5.02 Å². The molecule has 104 valence electrons. The molecule has 2 aromatic rings. The first-order valence-corrected chi connectivity index (χ1v) is 6.11. The maximum atomic E-state index is 12.2. The maximum absolute atomic E-state index is 12.2. The average molecular weight is 297 g/mol. The predicted molar refractivity (Wildman–Crippen MR) is 75.7 cm³/mol. The van der Waals surface area contributed by atoms with Gasteiger partial charge in [-0.1, -0.05) is 23.7 Å². The number of nitrogens with one attached hydrogen (secondary N) is 1. The van der Waals surface area contributed by atoms with Crippen molar-refractivity contribution < 1.29 is 13.5 Å². The summed E-state index contributed by atoms with van der Waals surface area (Å²) in [6.45, 7) is -2.87. The van der Waals surface area contributed by atoms with E-state index in [1.807, 2.05) is 0 Å². The zero-order valence-electron chi connectivity index (χ0n) is 10.3. The minimum atomic E-state index is -2.87. The molecular formula is C14H11ClF2N2O. The number of nitrogens with zero attached hydrogens (tertiary/aromatic N) is 1. The van der Waals surface area contributed by atoms with Gasteiger partial charge in [0.05, 0.1) is 11.9 Å². The molecule has 0 aliphatic carbocycles. The third-order valence-electron chi connectivity index (χ3n) is 2.38.